The molecule has 3 aromatic heterocycles. The molecule has 0 saturated carbocycles. The van der Waals surface area contributed by atoms with Gasteiger partial charge < -0.3 is 0 Å². The number of para-hydroxylation sites is 3. The Bertz CT molecular complexity index is 1880. The zero-order valence-electron chi connectivity index (χ0n) is 18.7. The third kappa shape index (κ3) is 3.01. The number of nitrogens with zero attached hydrogens (tertiary/aromatic N) is 3. The van der Waals surface area contributed by atoms with Crippen LogP contribution in [0.2, 0.25) is 0 Å². The van der Waals surface area contributed by atoms with Gasteiger partial charge >= 0.3 is 211 Å². The quantitative estimate of drug-likeness (QED) is 0.169. The molecule has 166 valence electrons. The van der Waals surface area contributed by atoms with Crippen molar-refractivity contribution in [3.8, 4) is 0 Å². The predicted octanol–water partition coefficient (Wildman–Crippen LogP) is 5.57. The summed E-state index contributed by atoms with van der Waals surface area (Å²) in [7, 11) is 0. The molecule has 4 aromatic carbocycles. The minimum atomic E-state index is -2.14. The SMILES string of the molecule is [Se]=P(c1ccccc1)(c1cccnc1)c1cccc2c3ccccc3n3c4ccccc4nc3c12. The summed E-state index contributed by atoms with van der Waals surface area (Å²) in [5.74, 6) is 0. The van der Waals surface area contributed by atoms with Crippen LogP contribution < -0.4 is 15.9 Å². The first-order valence-corrected chi connectivity index (χ1v) is 15.5. The summed E-state index contributed by atoms with van der Waals surface area (Å²) in [4.78, 5) is 9.72. The van der Waals surface area contributed by atoms with E-state index >= 15 is 0 Å². The number of fused-ring (bicyclic) bond motifs is 8. The van der Waals surface area contributed by atoms with E-state index in [9.17, 15) is 0 Å². The molecule has 5 heteroatoms. The summed E-state index contributed by atoms with van der Waals surface area (Å²) in [5.41, 5.74) is 2.16. The zero-order chi connectivity index (χ0) is 23.4. The van der Waals surface area contributed by atoms with Gasteiger partial charge in [0.1, 0.15) is 0 Å². The van der Waals surface area contributed by atoms with Crippen molar-refractivity contribution in [2.75, 3.05) is 0 Å². The fourth-order valence-electron chi connectivity index (χ4n) is 5.20. The monoisotopic (exact) mass is 533 g/mol. The van der Waals surface area contributed by atoms with Crippen molar-refractivity contribution in [2.24, 2.45) is 0 Å². The van der Waals surface area contributed by atoms with Crippen LogP contribution in [0.5, 0.6) is 0 Å². The molecule has 0 amide bonds. The summed E-state index contributed by atoms with van der Waals surface area (Å²) < 4.78 is 2.33. The first-order valence-electron chi connectivity index (χ1n) is 11.5. The molecule has 0 aliphatic carbocycles. The molecule has 0 fully saturated rings. The summed E-state index contributed by atoms with van der Waals surface area (Å²) in [6.07, 6.45) is 3.85. The van der Waals surface area contributed by atoms with Crippen molar-refractivity contribution in [1.29, 1.82) is 0 Å². The van der Waals surface area contributed by atoms with Gasteiger partial charge in [-0.1, -0.05) is 0 Å². The van der Waals surface area contributed by atoms with Crippen LogP contribution in [-0.4, -0.2) is 29.5 Å². The second-order valence-electron chi connectivity index (χ2n) is 8.63. The van der Waals surface area contributed by atoms with Gasteiger partial charge in [-0.2, -0.15) is 0 Å². The van der Waals surface area contributed by atoms with Gasteiger partial charge in [-0.05, 0) is 0 Å². The van der Waals surface area contributed by atoms with E-state index < -0.39 is 5.51 Å². The van der Waals surface area contributed by atoms with Crippen LogP contribution >= 0.6 is 5.51 Å². The van der Waals surface area contributed by atoms with Gasteiger partial charge in [-0.15, -0.1) is 0 Å². The van der Waals surface area contributed by atoms with Crippen LogP contribution in [0.4, 0.5) is 0 Å². The van der Waals surface area contributed by atoms with Crippen LogP contribution in [0.15, 0.2) is 122 Å². The Hall–Kier alpha value is -3.55. The number of imidazole rings is 1. The number of pyridine rings is 2. The van der Waals surface area contributed by atoms with Crippen LogP contribution in [0, 0.1) is 0 Å². The van der Waals surface area contributed by atoms with E-state index in [0.29, 0.717) is 0 Å². The van der Waals surface area contributed by atoms with Gasteiger partial charge in [-0.3, -0.25) is 0 Å². The van der Waals surface area contributed by atoms with E-state index in [2.05, 4.69) is 128 Å². The minimum absolute atomic E-state index is 0.995. The molecule has 0 N–H and O–H groups in total. The summed E-state index contributed by atoms with van der Waals surface area (Å²) in [6.45, 7) is 0. The first kappa shape index (κ1) is 20.8. The predicted molar refractivity (Wildman–Crippen MR) is 150 cm³/mol. The molecule has 0 radical (unpaired) electrons. The second-order valence-corrected chi connectivity index (χ2v) is 14.8. The topological polar surface area (TPSA) is 30.2 Å². The van der Waals surface area contributed by atoms with E-state index in [4.69, 9.17) is 4.98 Å². The molecule has 0 saturated heterocycles. The van der Waals surface area contributed by atoms with Crippen molar-refractivity contribution < 1.29 is 0 Å². The molecule has 1 unspecified atom stereocenters. The number of aromatic nitrogens is 3. The van der Waals surface area contributed by atoms with Gasteiger partial charge in [0.15, 0.2) is 0 Å². The van der Waals surface area contributed by atoms with Crippen LogP contribution in [0.25, 0.3) is 38.4 Å². The molecule has 0 aliphatic heterocycles. The van der Waals surface area contributed by atoms with Crippen molar-refractivity contribution in [2.45, 2.75) is 0 Å². The molecule has 1 atom stereocenters. The van der Waals surface area contributed by atoms with E-state index in [-0.39, 0.29) is 0 Å². The number of rotatable bonds is 3. The molecule has 3 nitrogen and oxygen atoms in total. The van der Waals surface area contributed by atoms with Gasteiger partial charge in [0.05, 0.1) is 0 Å². The zero-order valence-corrected chi connectivity index (χ0v) is 21.4. The molecule has 0 spiro atoms. The molecule has 35 heavy (non-hydrogen) atoms. The second kappa shape index (κ2) is 8.00. The third-order valence-electron chi connectivity index (χ3n) is 6.73. The Morgan fingerprint density at radius 2 is 1.34 bits per heavy atom. The normalized spacial score (nSPS) is 13.5. The van der Waals surface area contributed by atoms with E-state index in [0.717, 1.165) is 16.7 Å². The van der Waals surface area contributed by atoms with E-state index in [1.165, 1.54) is 37.6 Å². The molecule has 0 aliphatic rings. The molecule has 3 heterocycles. The van der Waals surface area contributed by atoms with Crippen LogP contribution in [0.1, 0.15) is 0 Å². The van der Waals surface area contributed by atoms with Gasteiger partial charge in [-0.25, -0.2) is 0 Å². The van der Waals surface area contributed by atoms with Crippen LogP contribution in [-0.2, 0) is 0 Å². The summed E-state index contributed by atoms with van der Waals surface area (Å²) in [6, 6.07) is 38.8. The fraction of sp³-hybridized carbons (Fsp3) is 0. The van der Waals surface area contributed by atoms with Gasteiger partial charge in [0.2, 0.25) is 0 Å². The fourth-order valence-corrected chi connectivity index (χ4v) is 10.4. The summed E-state index contributed by atoms with van der Waals surface area (Å²) in [5, 5.41) is 7.41. The number of benzene rings is 4. The molecular formula is C30H20N3PSe. The Balaban J connectivity index is 1.74. The first-order chi connectivity index (χ1) is 17.3. The Labute approximate surface area is 210 Å². The summed E-state index contributed by atoms with van der Waals surface area (Å²) >= 11 is 3.71. The van der Waals surface area contributed by atoms with Crippen molar-refractivity contribution in [1.82, 2.24) is 14.4 Å². The van der Waals surface area contributed by atoms with E-state index in [1.54, 1.807) is 0 Å². The Morgan fingerprint density at radius 3 is 2.17 bits per heavy atom. The van der Waals surface area contributed by atoms with Gasteiger partial charge in [0, 0.05) is 0 Å². The molecule has 7 rings (SSSR count). The van der Waals surface area contributed by atoms with Crippen molar-refractivity contribution in [3.63, 3.8) is 0 Å². The molecule has 0 bridgehead atoms. The molecule has 7 aromatic rings. The number of hydrogen-bond donors (Lipinski definition) is 0. The third-order valence-corrected chi connectivity index (χ3v) is 13.7. The number of hydrogen-bond acceptors (Lipinski definition) is 2. The maximum atomic E-state index is 5.21. The Kier molecular flexibility index (Phi) is 4.75. The standard InChI is InChI=1S/C30H20N3PSe/c35-34(21-10-2-1-3-11-21,22-12-9-19-31-20-22)28-18-8-14-24-23-13-4-6-16-26(23)33-27-17-7-5-15-25(27)32-30(33)29(24)28/h1-20H. The van der Waals surface area contributed by atoms with Crippen molar-refractivity contribution in [3.05, 3.63) is 122 Å². The van der Waals surface area contributed by atoms with Crippen molar-refractivity contribution >= 4 is 74.9 Å². The van der Waals surface area contributed by atoms with E-state index in [1.807, 2.05) is 18.5 Å². The van der Waals surface area contributed by atoms with Crippen LogP contribution in [0.3, 0.4) is 0 Å². The average molecular weight is 532 g/mol. The van der Waals surface area contributed by atoms with Gasteiger partial charge in [0.25, 0.3) is 0 Å². The molecular weight excluding hydrogens is 512 g/mol. The maximum absolute atomic E-state index is 5.21. The Morgan fingerprint density at radius 1 is 0.629 bits per heavy atom. The average Bonchev–Trinajstić information content (AvgIpc) is 3.33.